The second-order valence-corrected chi connectivity index (χ2v) is 4.48. The van der Waals surface area contributed by atoms with Crippen LogP contribution in [0.4, 0.5) is 10.1 Å². The Morgan fingerprint density at radius 1 is 1.42 bits per heavy atom. The number of hydrogen-bond acceptors (Lipinski definition) is 4. The average molecular weight is 267 g/mol. The van der Waals surface area contributed by atoms with Crippen molar-refractivity contribution in [2.75, 3.05) is 25.6 Å². The van der Waals surface area contributed by atoms with Crippen LogP contribution in [0.3, 0.4) is 0 Å². The molecule has 1 aliphatic rings. The third-order valence-electron chi connectivity index (χ3n) is 3.12. The predicted octanol–water partition coefficient (Wildman–Crippen LogP) is 1.26. The molecule has 1 aromatic rings. The molecule has 0 unspecified atom stereocenters. The Labute approximate surface area is 109 Å². The van der Waals surface area contributed by atoms with Crippen LogP contribution < -0.4 is 5.32 Å². The first-order valence-corrected chi connectivity index (χ1v) is 5.73. The minimum absolute atomic E-state index is 0.00825. The van der Waals surface area contributed by atoms with E-state index in [0.717, 1.165) is 0 Å². The number of amides is 1. The van der Waals surface area contributed by atoms with Gasteiger partial charge in [-0.3, -0.25) is 9.59 Å². The van der Waals surface area contributed by atoms with E-state index < -0.39 is 17.3 Å². The van der Waals surface area contributed by atoms with Crippen molar-refractivity contribution in [2.45, 2.75) is 6.92 Å². The quantitative estimate of drug-likeness (QED) is 0.661. The maximum absolute atomic E-state index is 13.1. The molecule has 102 valence electrons. The molecule has 0 atom stereocenters. The van der Waals surface area contributed by atoms with E-state index in [-0.39, 0.29) is 19.0 Å². The van der Waals surface area contributed by atoms with Gasteiger partial charge in [0, 0.05) is 5.69 Å². The highest BCUT2D eigenvalue weighted by atomic mass is 19.1. The van der Waals surface area contributed by atoms with Gasteiger partial charge in [-0.2, -0.15) is 0 Å². The van der Waals surface area contributed by atoms with Crippen molar-refractivity contribution in [3.63, 3.8) is 0 Å². The van der Waals surface area contributed by atoms with Crippen LogP contribution in [0.5, 0.6) is 0 Å². The van der Waals surface area contributed by atoms with Crippen molar-refractivity contribution in [3.8, 4) is 0 Å². The van der Waals surface area contributed by atoms with Crippen LogP contribution in [0, 0.1) is 18.2 Å². The van der Waals surface area contributed by atoms with Crippen molar-refractivity contribution in [2.24, 2.45) is 5.41 Å². The molecule has 0 radical (unpaired) electrons. The van der Waals surface area contributed by atoms with Crippen LogP contribution >= 0.6 is 0 Å². The van der Waals surface area contributed by atoms with Crippen LogP contribution in [0.25, 0.3) is 0 Å². The van der Waals surface area contributed by atoms with Gasteiger partial charge < -0.3 is 14.8 Å². The summed E-state index contributed by atoms with van der Waals surface area (Å²) < 4.78 is 22.7. The highest BCUT2D eigenvalue weighted by Crippen LogP contribution is 2.31. The minimum Gasteiger partial charge on any atom is -0.468 e. The smallest absolute Gasteiger partial charge is 0.326 e. The van der Waals surface area contributed by atoms with Gasteiger partial charge in [0.05, 0.1) is 20.3 Å². The standard InChI is InChI=1S/C13H14FNO4/c1-8-5-9(3-4-10(8)14)15-11(16)13(6-19-7-13)12(17)18-2/h3-5H,6-7H2,1-2H3,(H,15,16). The minimum atomic E-state index is -1.29. The van der Waals surface area contributed by atoms with Gasteiger partial charge in [0.1, 0.15) is 5.82 Å². The van der Waals surface area contributed by atoms with Crippen molar-refractivity contribution in [3.05, 3.63) is 29.6 Å². The Morgan fingerprint density at radius 2 is 2.11 bits per heavy atom. The number of halogens is 1. The lowest BCUT2D eigenvalue weighted by Gasteiger charge is -2.36. The number of nitrogens with one attached hydrogen (secondary N) is 1. The van der Waals surface area contributed by atoms with Crippen LogP contribution in [-0.2, 0) is 19.1 Å². The Kier molecular flexibility index (Phi) is 3.53. The first-order chi connectivity index (χ1) is 8.99. The SMILES string of the molecule is COC(=O)C1(C(=O)Nc2ccc(F)c(C)c2)COC1. The number of hydrogen-bond donors (Lipinski definition) is 1. The zero-order valence-corrected chi connectivity index (χ0v) is 10.7. The van der Waals surface area contributed by atoms with Crippen LogP contribution in [0.15, 0.2) is 18.2 Å². The van der Waals surface area contributed by atoms with Gasteiger partial charge in [0.15, 0.2) is 5.41 Å². The molecule has 2 rings (SSSR count). The third-order valence-corrected chi connectivity index (χ3v) is 3.12. The number of aryl methyl sites for hydroxylation is 1. The maximum Gasteiger partial charge on any atom is 0.326 e. The number of ether oxygens (including phenoxy) is 2. The second-order valence-electron chi connectivity index (χ2n) is 4.48. The number of anilines is 1. The topological polar surface area (TPSA) is 64.6 Å². The summed E-state index contributed by atoms with van der Waals surface area (Å²) in [6.07, 6.45) is 0. The first kappa shape index (κ1) is 13.5. The number of benzene rings is 1. The number of rotatable bonds is 3. The zero-order chi connectivity index (χ0) is 14.0. The molecule has 19 heavy (non-hydrogen) atoms. The lowest BCUT2D eigenvalue weighted by atomic mass is 9.85. The normalized spacial score (nSPS) is 16.4. The summed E-state index contributed by atoms with van der Waals surface area (Å²) in [6, 6.07) is 4.19. The molecular weight excluding hydrogens is 253 g/mol. The molecule has 1 heterocycles. The molecule has 0 aromatic heterocycles. The highest BCUT2D eigenvalue weighted by molar-refractivity contribution is 6.09. The molecule has 1 amide bonds. The first-order valence-electron chi connectivity index (χ1n) is 5.73. The molecule has 5 nitrogen and oxygen atoms in total. The van der Waals surface area contributed by atoms with E-state index in [1.54, 1.807) is 6.92 Å². The summed E-state index contributed by atoms with van der Waals surface area (Å²) in [7, 11) is 1.22. The molecule has 6 heteroatoms. The third kappa shape index (κ3) is 2.31. The zero-order valence-electron chi connectivity index (χ0n) is 10.7. The number of esters is 1. The van der Waals surface area contributed by atoms with E-state index in [0.29, 0.717) is 11.3 Å². The monoisotopic (exact) mass is 267 g/mol. The van der Waals surface area contributed by atoms with E-state index in [9.17, 15) is 14.0 Å². The van der Waals surface area contributed by atoms with Gasteiger partial charge >= 0.3 is 5.97 Å². The fourth-order valence-corrected chi connectivity index (χ4v) is 1.82. The van der Waals surface area contributed by atoms with Gasteiger partial charge in [-0.15, -0.1) is 0 Å². The van der Waals surface area contributed by atoms with E-state index >= 15 is 0 Å². The Morgan fingerprint density at radius 3 is 2.58 bits per heavy atom. The fourth-order valence-electron chi connectivity index (χ4n) is 1.82. The van der Waals surface area contributed by atoms with E-state index in [2.05, 4.69) is 10.1 Å². The summed E-state index contributed by atoms with van der Waals surface area (Å²) in [5, 5.41) is 2.58. The second kappa shape index (κ2) is 4.97. The Hall–Kier alpha value is -1.95. The molecule has 0 aliphatic carbocycles. The van der Waals surface area contributed by atoms with Crippen LogP contribution in [0.1, 0.15) is 5.56 Å². The van der Waals surface area contributed by atoms with Gasteiger partial charge in [0.25, 0.3) is 0 Å². The van der Waals surface area contributed by atoms with E-state index in [4.69, 9.17) is 4.74 Å². The average Bonchev–Trinajstić information content (AvgIpc) is 2.32. The van der Waals surface area contributed by atoms with Gasteiger partial charge in [-0.25, -0.2) is 4.39 Å². The maximum atomic E-state index is 13.1. The van der Waals surface area contributed by atoms with E-state index in [1.165, 1.54) is 25.3 Å². The number of carbonyl (C=O) groups excluding carboxylic acids is 2. The molecule has 1 aromatic carbocycles. The number of methoxy groups -OCH3 is 1. The van der Waals surface area contributed by atoms with Crippen LogP contribution in [-0.4, -0.2) is 32.2 Å². The van der Waals surface area contributed by atoms with Gasteiger partial charge in [-0.05, 0) is 30.7 Å². The van der Waals surface area contributed by atoms with Crippen molar-refractivity contribution in [1.82, 2.24) is 0 Å². The largest absolute Gasteiger partial charge is 0.468 e. The predicted molar refractivity (Wildman–Crippen MR) is 65.0 cm³/mol. The molecule has 0 saturated carbocycles. The number of carbonyl (C=O) groups is 2. The molecule has 0 bridgehead atoms. The molecule has 1 fully saturated rings. The molecule has 1 N–H and O–H groups in total. The Balaban J connectivity index is 2.16. The molecule has 1 aliphatic heterocycles. The summed E-state index contributed by atoms with van der Waals surface area (Å²) in [5.74, 6) is -1.49. The fraction of sp³-hybridized carbons (Fsp3) is 0.385. The summed E-state index contributed by atoms with van der Waals surface area (Å²) in [4.78, 5) is 23.8. The summed E-state index contributed by atoms with van der Waals surface area (Å²) in [6.45, 7) is 1.57. The summed E-state index contributed by atoms with van der Waals surface area (Å²) >= 11 is 0. The van der Waals surface area contributed by atoms with Gasteiger partial charge in [-0.1, -0.05) is 0 Å². The molecular formula is C13H14FNO4. The highest BCUT2D eigenvalue weighted by Gasteiger charge is 2.54. The Bertz CT molecular complexity index is 525. The van der Waals surface area contributed by atoms with Crippen molar-refractivity contribution in [1.29, 1.82) is 0 Å². The van der Waals surface area contributed by atoms with Gasteiger partial charge in [0.2, 0.25) is 5.91 Å². The summed E-state index contributed by atoms with van der Waals surface area (Å²) in [5.41, 5.74) is -0.453. The van der Waals surface area contributed by atoms with E-state index in [1.807, 2.05) is 0 Å². The lowest BCUT2D eigenvalue weighted by Crippen LogP contribution is -2.57. The van der Waals surface area contributed by atoms with Crippen molar-refractivity contribution >= 4 is 17.6 Å². The molecule has 1 saturated heterocycles. The lowest BCUT2D eigenvalue weighted by molar-refractivity contribution is -0.185. The van der Waals surface area contributed by atoms with Crippen molar-refractivity contribution < 1.29 is 23.5 Å². The van der Waals surface area contributed by atoms with Crippen LogP contribution in [0.2, 0.25) is 0 Å². The molecule has 0 spiro atoms.